The first kappa shape index (κ1) is 11.7. The first-order chi connectivity index (χ1) is 8.83. The van der Waals surface area contributed by atoms with Crippen molar-refractivity contribution >= 4 is 27.3 Å². The maximum atomic E-state index is 3.47. The summed E-state index contributed by atoms with van der Waals surface area (Å²) in [6, 6.07) is 21.4. The lowest BCUT2D eigenvalue weighted by Crippen LogP contribution is -1.79. The van der Waals surface area contributed by atoms with Gasteiger partial charge in [-0.2, -0.15) is 0 Å². The Balaban J connectivity index is 2.03. The highest BCUT2D eigenvalue weighted by molar-refractivity contribution is 9.10. The average molecular weight is 315 g/mol. The van der Waals surface area contributed by atoms with E-state index in [0.717, 1.165) is 4.47 Å². The van der Waals surface area contributed by atoms with Gasteiger partial charge >= 0.3 is 0 Å². The molecule has 2 aromatic carbocycles. The van der Waals surface area contributed by atoms with Crippen LogP contribution in [0.1, 0.15) is 0 Å². The lowest BCUT2D eigenvalue weighted by atomic mass is 10.0. The SMILES string of the molecule is Brc1ccc(-c2cccc(-c3cccs3)c2)cc1. The van der Waals surface area contributed by atoms with Crippen LogP contribution in [0, 0.1) is 0 Å². The minimum absolute atomic E-state index is 1.11. The molecule has 0 spiro atoms. The molecule has 0 bridgehead atoms. The Hall–Kier alpha value is -1.38. The summed E-state index contributed by atoms with van der Waals surface area (Å²) in [5.74, 6) is 0. The maximum absolute atomic E-state index is 3.47. The smallest absolute Gasteiger partial charge is 0.0342 e. The number of halogens is 1. The zero-order valence-electron chi connectivity index (χ0n) is 9.64. The molecule has 88 valence electrons. The van der Waals surface area contributed by atoms with E-state index in [0.29, 0.717) is 0 Å². The highest BCUT2D eigenvalue weighted by Gasteiger charge is 2.02. The molecular weight excluding hydrogens is 304 g/mol. The zero-order valence-corrected chi connectivity index (χ0v) is 12.0. The van der Waals surface area contributed by atoms with Crippen LogP contribution in [0.25, 0.3) is 21.6 Å². The maximum Gasteiger partial charge on any atom is 0.0342 e. The van der Waals surface area contributed by atoms with Gasteiger partial charge in [0.1, 0.15) is 0 Å². The van der Waals surface area contributed by atoms with Crippen LogP contribution in [0.5, 0.6) is 0 Å². The van der Waals surface area contributed by atoms with Gasteiger partial charge in [-0.25, -0.2) is 0 Å². The van der Waals surface area contributed by atoms with Gasteiger partial charge in [0.25, 0.3) is 0 Å². The van der Waals surface area contributed by atoms with E-state index in [2.05, 4.69) is 82.0 Å². The van der Waals surface area contributed by atoms with Gasteiger partial charge < -0.3 is 0 Å². The summed E-state index contributed by atoms with van der Waals surface area (Å²) in [6.45, 7) is 0. The van der Waals surface area contributed by atoms with Crippen molar-refractivity contribution in [1.82, 2.24) is 0 Å². The normalized spacial score (nSPS) is 10.5. The van der Waals surface area contributed by atoms with Gasteiger partial charge in [-0.15, -0.1) is 11.3 Å². The average Bonchev–Trinajstić information content (AvgIpc) is 2.94. The van der Waals surface area contributed by atoms with E-state index in [1.54, 1.807) is 11.3 Å². The Bertz CT molecular complexity index is 639. The Morgan fingerprint density at radius 1 is 0.722 bits per heavy atom. The van der Waals surface area contributed by atoms with Gasteiger partial charge in [-0.1, -0.05) is 52.3 Å². The molecule has 3 rings (SSSR count). The van der Waals surface area contributed by atoms with E-state index in [4.69, 9.17) is 0 Å². The lowest BCUT2D eigenvalue weighted by molar-refractivity contribution is 1.59. The molecule has 0 unspecified atom stereocenters. The number of benzene rings is 2. The Labute approximate surface area is 119 Å². The molecule has 0 nitrogen and oxygen atoms in total. The fourth-order valence-electron chi connectivity index (χ4n) is 1.94. The fraction of sp³-hybridized carbons (Fsp3) is 0. The minimum atomic E-state index is 1.11. The minimum Gasteiger partial charge on any atom is -0.144 e. The Morgan fingerprint density at radius 2 is 1.50 bits per heavy atom. The Morgan fingerprint density at radius 3 is 2.22 bits per heavy atom. The summed E-state index contributed by atoms with van der Waals surface area (Å²) in [6.07, 6.45) is 0. The number of thiophene rings is 1. The highest BCUT2D eigenvalue weighted by atomic mass is 79.9. The quantitative estimate of drug-likeness (QED) is 0.557. The molecule has 0 aliphatic carbocycles. The summed E-state index contributed by atoms with van der Waals surface area (Å²) < 4.78 is 1.11. The van der Waals surface area contributed by atoms with Crippen LogP contribution in [-0.4, -0.2) is 0 Å². The monoisotopic (exact) mass is 314 g/mol. The van der Waals surface area contributed by atoms with Gasteiger partial charge in [-0.3, -0.25) is 0 Å². The second kappa shape index (κ2) is 5.09. The predicted octanol–water partition coefficient (Wildman–Crippen LogP) is 5.84. The van der Waals surface area contributed by atoms with Crippen LogP contribution < -0.4 is 0 Å². The topological polar surface area (TPSA) is 0 Å². The number of hydrogen-bond acceptors (Lipinski definition) is 1. The summed E-state index contributed by atoms with van der Waals surface area (Å²) >= 11 is 5.24. The zero-order chi connectivity index (χ0) is 12.4. The van der Waals surface area contributed by atoms with Crippen LogP contribution >= 0.6 is 27.3 Å². The molecule has 1 aromatic heterocycles. The second-order valence-electron chi connectivity index (χ2n) is 4.06. The van der Waals surface area contributed by atoms with Crippen LogP contribution in [0.2, 0.25) is 0 Å². The molecule has 2 heteroatoms. The van der Waals surface area contributed by atoms with E-state index in [1.165, 1.54) is 21.6 Å². The summed E-state index contributed by atoms with van der Waals surface area (Å²) in [5.41, 5.74) is 3.79. The molecular formula is C16H11BrS. The molecule has 0 fully saturated rings. The molecule has 1 heterocycles. The number of hydrogen-bond donors (Lipinski definition) is 0. The molecule has 0 aliphatic heterocycles. The summed E-state index contributed by atoms with van der Waals surface area (Å²) in [7, 11) is 0. The van der Waals surface area contributed by atoms with E-state index in [9.17, 15) is 0 Å². The summed E-state index contributed by atoms with van der Waals surface area (Å²) in [4.78, 5) is 1.31. The van der Waals surface area contributed by atoms with Crippen molar-refractivity contribution < 1.29 is 0 Å². The van der Waals surface area contributed by atoms with Gasteiger partial charge in [-0.05, 0) is 46.3 Å². The highest BCUT2D eigenvalue weighted by Crippen LogP contribution is 2.29. The third kappa shape index (κ3) is 2.40. The molecule has 18 heavy (non-hydrogen) atoms. The molecule has 0 atom stereocenters. The van der Waals surface area contributed by atoms with Crippen molar-refractivity contribution in [3.8, 4) is 21.6 Å². The van der Waals surface area contributed by atoms with E-state index >= 15 is 0 Å². The lowest BCUT2D eigenvalue weighted by Gasteiger charge is -2.04. The standard InChI is InChI=1S/C16H11BrS/c17-15-8-6-12(7-9-15)13-3-1-4-14(11-13)16-5-2-10-18-16/h1-11H. The van der Waals surface area contributed by atoms with E-state index < -0.39 is 0 Å². The van der Waals surface area contributed by atoms with Crippen molar-refractivity contribution in [1.29, 1.82) is 0 Å². The van der Waals surface area contributed by atoms with Crippen LogP contribution in [0.15, 0.2) is 70.5 Å². The third-order valence-corrected chi connectivity index (χ3v) is 4.29. The van der Waals surface area contributed by atoms with Crippen molar-refractivity contribution in [3.05, 3.63) is 70.5 Å². The molecule has 0 saturated carbocycles. The van der Waals surface area contributed by atoms with Crippen molar-refractivity contribution in [2.24, 2.45) is 0 Å². The largest absolute Gasteiger partial charge is 0.144 e. The van der Waals surface area contributed by atoms with Crippen LogP contribution in [-0.2, 0) is 0 Å². The second-order valence-corrected chi connectivity index (χ2v) is 5.93. The summed E-state index contributed by atoms with van der Waals surface area (Å²) in [5, 5.41) is 2.11. The van der Waals surface area contributed by atoms with Crippen LogP contribution in [0.4, 0.5) is 0 Å². The number of rotatable bonds is 2. The van der Waals surface area contributed by atoms with Crippen molar-refractivity contribution in [3.63, 3.8) is 0 Å². The molecule has 0 radical (unpaired) electrons. The van der Waals surface area contributed by atoms with Gasteiger partial charge in [0.2, 0.25) is 0 Å². The molecule has 0 N–H and O–H groups in total. The van der Waals surface area contributed by atoms with E-state index in [-0.39, 0.29) is 0 Å². The first-order valence-electron chi connectivity index (χ1n) is 5.73. The van der Waals surface area contributed by atoms with Crippen LogP contribution in [0.3, 0.4) is 0 Å². The predicted molar refractivity (Wildman–Crippen MR) is 82.9 cm³/mol. The first-order valence-corrected chi connectivity index (χ1v) is 7.40. The van der Waals surface area contributed by atoms with Gasteiger partial charge in [0, 0.05) is 9.35 Å². The molecule has 0 amide bonds. The molecule has 0 saturated heterocycles. The van der Waals surface area contributed by atoms with E-state index in [1.807, 2.05) is 0 Å². The van der Waals surface area contributed by atoms with Gasteiger partial charge in [0.15, 0.2) is 0 Å². The van der Waals surface area contributed by atoms with Gasteiger partial charge in [0.05, 0.1) is 0 Å². The third-order valence-electron chi connectivity index (χ3n) is 2.85. The fourth-order valence-corrected chi connectivity index (χ4v) is 2.93. The van der Waals surface area contributed by atoms with Crippen molar-refractivity contribution in [2.75, 3.05) is 0 Å². The Kier molecular flexibility index (Phi) is 3.31. The molecule has 3 aromatic rings. The van der Waals surface area contributed by atoms with Crippen molar-refractivity contribution in [2.45, 2.75) is 0 Å². The molecule has 0 aliphatic rings.